The second-order valence-electron chi connectivity index (χ2n) is 8.81. The summed E-state index contributed by atoms with van der Waals surface area (Å²) in [7, 11) is 0. The van der Waals surface area contributed by atoms with Gasteiger partial charge in [0.1, 0.15) is 5.76 Å². The molecular weight excluding hydrogens is 422 g/mol. The molecule has 2 N–H and O–H groups in total. The van der Waals surface area contributed by atoms with Gasteiger partial charge in [0.15, 0.2) is 5.78 Å². The second-order valence-corrected chi connectivity index (χ2v) is 9.80. The Bertz CT molecular complexity index is 1120. The molecule has 2 aromatic rings. The largest absolute Gasteiger partial charge is 0.468 e. The van der Waals surface area contributed by atoms with Crippen molar-refractivity contribution in [1.82, 2.24) is 10.6 Å². The van der Waals surface area contributed by atoms with Gasteiger partial charge >= 0.3 is 0 Å². The van der Waals surface area contributed by atoms with E-state index in [2.05, 4.69) is 30.6 Å². The molecule has 0 fully saturated rings. The number of carbonyl (C=O) groups excluding carboxylic acids is 2. The summed E-state index contributed by atoms with van der Waals surface area (Å²) >= 11 is 1.28. The van der Waals surface area contributed by atoms with Crippen molar-refractivity contribution >= 4 is 23.5 Å². The second kappa shape index (κ2) is 9.09. The van der Waals surface area contributed by atoms with Crippen LogP contribution in [-0.4, -0.2) is 17.4 Å². The normalized spacial score (nSPS) is 19.8. The number of benzene rings is 1. The Labute approximate surface area is 191 Å². The van der Waals surface area contributed by atoms with Crippen LogP contribution in [0.25, 0.3) is 0 Å². The van der Waals surface area contributed by atoms with Crippen LogP contribution in [-0.2, 0) is 16.1 Å². The van der Waals surface area contributed by atoms with Crippen LogP contribution in [0.5, 0.6) is 0 Å². The highest BCUT2D eigenvalue weighted by Crippen LogP contribution is 2.47. The minimum Gasteiger partial charge on any atom is -0.468 e. The van der Waals surface area contributed by atoms with Gasteiger partial charge in [0, 0.05) is 24.2 Å². The monoisotopic (exact) mass is 447 g/mol. The molecule has 2 heterocycles. The standard InChI is InChI=1S/C25H25N3O3S/c1-25(2)11-18-23(19(29)12-25)22(20-9-6-10-31-20)17(13-26)24(28-18)32-15-21(30)27-14-16-7-4-3-5-8-16/h3-10,22,28H,11-12,14-15H2,1-2H3,(H,27,30)/t22-/m1/s1. The average Bonchev–Trinajstić information content (AvgIpc) is 3.29. The van der Waals surface area contributed by atoms with Gasteiger partial charge in [0.25, 0.3) is 0 Å². The van der Waals surface area contributed by atoms with E-state index >= 15 is 0 Å². The van der Waals surface area contributed by atoms with Crippen molar-refractivity contribution in [3.05, 3.63) is 81.9 Å². The number of amides is 1. The number of ketones is 1. The molecule has 7 heteroatoms. The fourth-order valence-corrected chi connectivity index (χ4v) is 5.11. The van der Waals surface area contributed by atoms with Gasteiger partial charge in [0.2, 0.25) is 5.91 Å². The Balaban J connectivity index is 1.56. The Hall–Kier alpha value is -3.24. The van der Waals surface area contributed by atoms with Crippen molar-refractivity contribution in [1.29, 1.82) is 5.26 Å². The number of nitrogens with zero attached hydrogens (tertiary/aromatic N) is 1. The smallest absolute Gasteiger partial charge is 0.230 e. The number of Topliss-reactive ketones (excluding diaryl/α,β-unsaturated/α-hetero) is 1. The van der Waals surface area contributed by atoms with Crippen molar-refractivity contribution in [3.63, 3.8) is 0 Å². The number of hydrogen-bond donors (Lipinski definition) is 2. The fraction of sp³-hybridized carbons (Fsp3) is 0.320. The molecule has 0 spiro atoms. The van der Waals surface area contributed by atoms with Crippen LogP contribution in [0, 0.1) is 16.7 Å². The van der Waals surface area contributed by atoms with Gasteiger partial charge in [0.05, 0.1) is 34.6 Å². The molecule has 0 bridgehead atoms. The van der Waals surface area contributed by atoms with Crippen molar-refractivity contribution < 1.29 is 14.0 Å². The first-order valence-corrected chi connectivity index (χ1v) is 11.5. The van der Waals surface area contributed by atoms with E-state index in [1.165, 1.54) is 11.8 Å². The van der Waals surface area contributed by atoms with E-state index in [1.807, 2.05) is 30.3 Å². The first-order chi connectivity index (χ1) is 15.4. The van der Waals surface area contributed by atoms with E-state index in [-0.39, 0.29) is 22.9 Å². The molecule has 6 nitrogen and oxygen atoms in total. The lowest BCUT2D eigenvalue weighted by molar-refractivity contribution is -0.119. The van der Waals surface area contributed by atoms with Crippen molar-refractivity contribution in [3.8, 4) is 6.07 Å². The summed E-state index contributed by atoms with van der Waals surface area (Å²) in [5.74, 6) is 0.0767. The van der Waals surface area contributed by atoms with Crippen LogP contribution in [0.3, 0.4) is 0 Å². The van der Waals surface area contributed by atoms with Gasteiger partial charge in [-0.15, -0.1) is 0 Å². The summed E-state index contributed by atoms with van der Waals surface area (Å²) in [6, 6.07) is 15.5. The van der Waals surface area contributed by atoms with E-state index < -0.39 is 5.92 Å². The number of allylic oxidation sites excluding steroid dienone is 3. The molecule has 4 rings (SSSR count). The molecule has 0 unspecified atom stereocenters. The lowest BCUT2D eigenvalue weighted by atomic mass is 9.70. The first kappa shape index (κ1) is 22.0. The van der Waals surface area contributed by atoms with Crippen molar-refractivity contribution in [2.24, 2.45) is 5.41 Å². The number of furan rings is 1. The van der Waals surface area contributed by atoms with E-state index in [0.717, 1.165) is 11.3 Å². The molecule has 1 amide bonds. The number of dihydropyridines is 1. The van der Waals surface area contributed by atoms with Gasteiger partial charge in [-0.2, -0.15) is 5.26 Å². The summed E-state index contributed by atoms with van der Waals surface area (Å²) in [6.45, 7) is 4.57. The zero-order chi connectivity index (χ0) is 22.7. The maximum absolute atomic E-state index is 13.1. The summed E-state index contributed by atoms with van der Waals surface area (Å²) in [4.78, 5) is 25.5. The number of hydrogen-bond acceptors (Lipinski definition) is 6. The van der Waals surface area contributed by atoms with E-state index in [1.54, 1.807) is 18.4 Å². The predicted molar refractivity (Wildman–Crippen MR) is 123 cm³/mol. The molecular formula is C25H25N3O3S. The van der Waals surface area contributed by atoms with Crippen LogP contribution >= 0.6 is 11.8 Å². The molecule has 1 atom stereocenters. The molecule has 1 aliphatic carbocycles. The third kappa shape index (κ3) is 4.66. The van der Waals surface area contributed by atoms with Gasteiger partial charge in [-0.05, 0) is 29.5 Å². The van der Waals surface area contributed by atoms with Crippen LogP contribution in [0.4, 0.5) is 0 Å². The maximum atomic E-state index is 13.1. The number of nitrogens with one attached hydrogen (secondary N) is 2. The van der Waals surface area contributed by atoms with Crippen LogP contribution in [0.1, 0.15) is 43.9 Å². The van der Waals surface area contributed by atoms with E-state index in [9.17, 15) is 14.9 Å². The van der Waals surface area contributed by atoms with Gasteiger partial charge in [-0.3, -0.25) is 9.59 Å². The molecule has 1 aromatic heterocycles. The topological polar surface area (TPSA) is 95.1 Å². The summed E-state index contributed by atoms with van der Waals surface area (Å²) in [6.07, 6.45) is 2.66. The number of thioether (sulfide) groups is 1. The SMILES string of the molecule is CC1(C)CC(=O)C2=C(C1)NC(SCC(=O)NCc1ccccc1)=C(C#N)[C@@H]2c1ccco1. The highest BCUT2D eigenvalue weighted by Gasteiger charge is 2.42. The molecule has 0 saturated carbocycles. The van der Waals surface area contributed by atoms with E-state index in [0.29, 0.717) is 41.3 Å². The Morgan fingerprint density at radius 2 is 2.03 bits per heavy atom. The van der Waals surface area contributed by atoms with Crippen LogP contribution < -0.4 is 10.6 Å². The highest BCUT2D eigenvalue weighted by molar-refractivity contribution is 8.03. The molecule has 2 aliphatic rings. The first-order valence-electron chi connectivity index (χ1n) is 10.5. The predicted octanol–water partition coefficient (Wildman–Crippen LogP) is 4.39. The number of carbonyl (C=O) groups is 2. The highest BCUT2D eigenvalue weighted by atomic mass is 32.2. The summed E-state index contributed by atoms with van der Waals surface area (Å²) < 4.78 is 5.63. The molecule has 164 valence electrons. The molecule has 32 heavy (non-hydrogen) atoms. The minimum atomic E-state index is -0.551. The lowest BCUT2D eigenvalue weighted by Gasteiger charge is -2.38. The molecule has 1 aromatic carbocycles. The van der Waals surface area contributed by atoms with Crippen LogP contribution in [0.2, 0.25) is 0 Å². The zero-order valence-corrected chi connectivity index (χ0v) is 18.9. The Morgan fingerprint density at radius 1 is 1.25 bits per heavy atom. The Morgan fingerprint density at radius 3 is 2.72 bits per heavy atom. The number of rotatable bonds is 6. The number of nitriles is 1. The zero-order valence-electron chi connectivity index (χ0n) is 18.1. The van der Waals surface area contributed by atoms with Crippen molar-refractivity contribution in [2.45, 2.75) is 39.2 Å². The maximum Gasteiger partial charge on any atom is 0.230 e. The third-order valence-electron chi connectivity index (χ3n) is 5.63. The van der Waals surface area contributed by atoms with Gasteiger partial charge in [-0.1, -0.05) is 55.9 Å². The fourth-order valence-electron chi connectivity index (χ4n) is 4.22. The van der Waals surface area contributed by atoms with Crippen LogP contribution in [0.15, 0.2) is 75.0 Å². The van der Waals surface area contributed by atoms with E-state index in [4.69, 9.17) is 4.42 Å². The molecule has 0 saturated heterocycles. The minimum absolute atomic E-state index is 0.0301. The summed E-state index contributed by atoms with van der Waals surface area (Å²) in [5.41, 5.74) is 2.68. The third-order valence-corrected chi connectivity index (χ3v) is 6.65. The average molecular weight is 448 g/mol. The Kier molecular flexibility index (Phi) is 6.24. The van der Waals surface area contributed by atoms with Gasteiger partial charge < -0.3 is 15.1 Å². The molecule has 1 aliphatic heterocycles. The quantitative estimate of drug-likeness (QED) is 0.682. The molecule has 0 radical (unpaired) electrons. The lowest BCUT2D eigenvalue weighted by Crippen LogP contribution is -2.37. The summed E-state index contributed by atoms with van der Waals surface area (Å²) in [5, 5.41) is 16.8. The van der Waals surface area contributed by atoms with Gasteiger partial charge in [-0.25, -0.2) is 0 Å². The van der Waals surface area contributed by atoms with Crippen molar-refractivity contribution in [2.75, 3.05) is 5.75 Å².